The minimum atomic E-state index is -0.539. The van der Waals surface area contributed by atoms with Crippen molar-refractivity contribution in [3.8, 4) is 5.75 Å². The van der Waals surface area contributed by atoms with Crippen molar-refractivity contribution in [3.05, 3.63) is 80.9 Å². The molecular formula is C19H14BrClFNO3. The van der Waals surface area contributed by atoms with Crippen LogP contribution in [-0.2, 0) is 6.61 Å². The topological polar surface area (TPSA) is 51.5 Å². The van der Waals surface area contributed by atoms with E-state index in [0.717, 1.165) is 10.0 Å². The van der Waals surface area contributed by atoms with Gasteiger partial charge in [0.25, 0.3) is 5.91 Å². The van der Waals surface area contributed by atoms with Crippen LogP contribution in [-0.4, -0.2) is 5.91 Å². The van der Waals surface area contributed by atoms with E-state index < -0.39 is 11.7 Å². The fourth-order valence-electron chi connectivity index (χ4n) is 2.24. The molecule has 4 nitrogen and oxygen atoms in total. The molecule has 0 aliphatic rings. The molecule has 0 fully saturated rings. The third-order valence-corrected chi connectivity index (χ3v) is 4.31. The number of ether oxygens (including phenoxy) is 1. The van der Waals surface area contributed by atoms with Gasteiger partial charge in [-0.2, -0.15) is 0 Å². The van der Waals surface area contributed by atoms with Gasteiger partial charge in [-0.25, -0.2) is 4.39 Å². The van der Waals surface area contributed by atoms with Crippen LogP contribution in [0.3, 0.4) is 0 Å². The molecule has 1 aromatic heterocycles. The quantitative estimate of drug-likeness (QED) is 0.533. The monoisotopic (exact) mass is 437 g/mol. The number of halogens is 3. The molecule has 0 atom stereocenters. The molecule has 0 saturated carbocycles. The first-order valence-corrected chi connectivity index (χ1v) is 8.83. The van der Waals surface area contributed by atoms with Crippen LogP contribution in [0.1, 0.15) is 21.9 Å². The Morgan fingerprint density at radius 1 is 1.23 bits per heavy atom. The number of furan rings is 1. The molecule has 0 radical (unpaired) electrons. The molecule has 1 N–H and O–H groups in total. The maximum Gasteiger partial charge on any atom is 0.291 e. The lowest BCUT2D eigenvalue weighted by Gasteiger charge is -2.07. The Balaban J connectivity index is 1.65. The molecule has 0 aliphatic heterocycles. The van der Waals surface area contributed by atoms with Gasteiger partial charge in [0.2, 0.25) is 0 Å². The summed E-state index contributed by atoms with van der Waals surface area (Å²) in [6, 6.07) is 12.8. The number of nitrogens with one attached hydrogen (secondary N) is 1. The van der Waals surface area contributed by atoms with Gasteiger partial charge in [-0.05, 0) is 55.0 Å². The summed E-state index contributed by atoms with van der Waals surface area (Å²) in [6.07, 6.45) is 0. The highest BCUT2D eigenvalue weighted by Gasteiger charge is 2.14. The van der Waals surface area contributed by atoms with E-state index >= 15 is 0 Å². The van der Waals surface area contributed by atoms with Crippen molar-refractivity contribution in [2.24, 2.45) is 0 Å². The minimum absolute atomic E-state index is 0.0615. The summed E-state index contributed by atoms with van der Waals surface area (Å²) in [5, 5.41) is 2.95. The molecule has 7 heteroatoms. The van der Waals surface area contributed by atoms with E-state index in [0.29, 0.717) is 16.5 Å². The fraction of sp³-hybridized carbons (Fsp3) is 0.105. The molecule has 26 heavy (non-hydrogen) atoms. The van der Waals surface area contributed by atoms with E-state index in [1.807, 2.05) is 6.92 Å². The van der Waals surface area contributed by atoms with E-state index in [-0.39, 0.29) is 18.1 Å². The molecule has 1 amide bonds. The van der Waals surface area contributed by atoms with Gasteiger partial charge in [-0.15, -0.1) is 0 Å². The molecule has 3 rings (SSSR count). The van der Waals surface area contributed by atoms with Crippen molar-refractivity contribution in [2.75, 3.05) is 5.32 Å². The molecule has 0 spiro atoms. The van der Waals surface area contributed by atoms with Gasteiger partial charge < -0.3 is 14.5 Å². The maximum atomic E-state index is 13.7. The number of carbonyl (C=O) groups is 1. The number of hydrogen-bond donors (Lipinski definition) is 1. The zero-order valence-electron chi connectivity index (χ0n) is 13.7. The number of anilines is 1. The van der Waals surface area contributed by atoms with Crippen molar-refractivity contribution in [1.82, 2.24) is 0 Å². The van der Waals surface area contributed by atoms with Crippen LogP contribution >= 0.6 is 27.5 Å². The van der Waals surface area contributed by atoms with Crippen molar-refractivity contribution >= 4 is 39.1 Å². The first kappa shape index (κ1) is 18.5. The van der Waals surface area contributed by atoms with E-state index in [2.05, 4.69) is 21.2 Å². The molecule has 1 heterocycles. The van der Waals surface area contributed by atoms with Crippen LogP contribution in [0.15, 0.2) is 57.4 Å². The normalized spacial score (nSPS) is 10.6. The van der Waals surface area contributed by atoms with Gasteiger partial charge in [0.15, 0.2) is 5.76 Å². The molecule has 0 aliphatic carbocycles. The van der Waals surface area contributed by atoms with E-state index in [1.165, 1.54) is 12.1 Å². The van der Waals surface area contributed by atoms with Crippen LogP contribution < -0.4 is 10.1 Å². The maximum absolute atomic E-state index is 13.7. The average molecular weight is 439 g/mol. The smallest absolute Gasteiger partial charge is 0.291 e. The Bertz CT molecular complexity index is 958. The lowest BCUT2D eigenvalue weighted by atomic mass is 10.2. The van der Waals surface area contributed by atoms with Gasteiger partial charge >= 0.3 is 0 Å². The zero-order valence-corrected chi connectivity index (χ0v) is 16.0. The fourth-order valence-corrected chi connectivity index (χ4v) is 2.97. The molecule has 2 aromatic carbocycles. The predicted octanol–water partition coefficient (Wildman–Crippen LogP) is 5.97. The molecule has 0 bridgehead atoms. The SMILES string of the molecule is Cc1ccc(F)c(NC(=O)c2ccc(COc3ccc(Br)cc3Cl)o2)c1. The van der Waals surface area contributed by atoms with Gasteiger partial charge in [0.05, 0.1) is 10.7 Å². The molecule has 0 saturated heterocycles. The van der Waals surface area contributed by atoms with Crippen molar-refractivity contribution in [3.63, 3.8) is 0 Å². The van der Waals surface area contributed by atoms with Crippen molar-refractivity contribution in [2.45, 2.75) is 13.5 Å². The van der Waals surface area contributed by atoms with Gasteiger partial charge in [0.1, 0.15) is 23.9 Å². The van der Waals surface area contributed by atoms with Crippen LogP contribution in [0, 0.1) is 12.7 Å². The first-order chi connectivity index (χ1) is 12.4. The average Bonchev–Trinajstić information content (AvgIpc) is 3.06. The lowest BCUT2D eigenvalue weighted by molar-refractivity contribution is 0.0992. The zero-order chi connectivity index (χ0) is 18.7. The summed E-state index contributed by atoms with van der Waals surface area (Å²) >= 11 is 9.40. The Morgan fingerprint density at radius 3 is 2.81 bits per heavy atom. The van der Waals surface area contributed by atoms with Crippen LogP contribution in [0.4, 0.5) is 10.1 Å². The summed E-state index contributed by atoms with van der Waals surface area (Å²) in [5.41, 5.74) is 0.937. The molecule has 134 valence electrons. The number of benzene rings is 2. The van der Waals surface area contributed by atoms with E-state index in [4.69, 9.17) is 20.8 Å². The number of carbonyl (C=O) groups excluding carboxylic acids is 1. The Hall–Kier alpha value is -2.31. The highest BCUT2D eigenvalue weighted by molar-refractivity contribution is 9.10. The standard InChI is InChI=1S/C19H14BrClFNO3/c1-11-2-5-15(22)16(8-11)23-19(24)18-7-4-13(26-18)10-25-17-6-3-12(20)9-14(17)21/h2-9H,10H2,1H3,(H,23,24). The second-order valence-electron chi connectivity index (χ2n) is 5.57. The highest BCUT2D eigenvalue weighted by Crippen LogP contribution is 2.28. The summed E-state index contributed by atoms with van der Waals surface area (Å²) in [4.78, 5) is 12.2. The number of aryl methyl sites for hydroxylation is 1. The van der Waals surface area contributed by atoms with Gasteiger partial charge in [-0.1, -0.05) is 33.6 Å². The number of amides is 1. The highest BCUT2D eigenvalue weighted by atomic mass is 79.9. The van der Waals surface area contributed by atoms with Crippen molar-refractivity contribution in [1.29, 1.82) is 0 Å². The first-order valence-electron chi connectivity index (χ1n) is 7.66. The second-order valence-corrected chi connectivity index (χ2v) is 6.89. The van der Waals surface area contributed by atoms with E-state index in [1.54, 1.807) is 36.4 Å². The largest absolute Gasteiger partial charge is 0.484 e. The van der Waals surface area contributed by atoms with Gasteiger partial charge in [-0.3, -0.25) is 4.79 Å². The van der Waals surface area contributed by atoms with Crippen molar-refractivity contribution < 1.29 is 18.3 Å². The second kappa shape index (κ2) is 7.93. The third kappa shape index (κ3) is 4.45. The summed E-state index contributed by atoms with van der Waals surface area (Å²) in [6.45, 7) is 1.91. The molecular weight excluding hydrogens is 425 g/mol. The summed E-state index contributed by atoms with van der Waals surface area (Å²) < 4.78 is 25.6. The summed E-state index contributed by atoms with van der Waals surface area (Å²) in [7, 11) is 0. The Kier molecular flexibility index (Phi) is 5.64. The number of hydrogen-bond acceptors (Lipinski definition) is 3. The predicted molar refractivity (Wildman–Crippen MR) is 101 cm³/mol. The van der Waals surface area contributed by atoms with Crippen LogP contribution in [0.2, 0.25) is 5.02 Å². The van der Waals surface area contributed by atoms with Crippen LogP contribution in [0.5, 0.6) is 5.75 Å². The molecule has 3 aromatic rings. The Morgan fingerprint density at radius 2 is 2.04 bits per heavy atom. The van der Waals surface area contributed by atoms with E-state index in [9.17, 15) is 9.18 Å². The summed E-state index contributed by atoms with van der Waals surface area (Å²) in [5.74, 6) is -0.0456. The molecule has 0 unspecified atom stereocenters. The Labute approximate surface area is 163 Å². The minimum Gasteiger partial charge on any atom is -0.484 e. The number of rotatable bonds is 5. The van der Waals surface area contributed by atoms with Gasteiger partial charge in [0, 0.05) is 4.47 Å². The third-order valence-electron chi connectivity index (χ3n) is 3.52. The lowest BCUT2D eigenvalue weighted by Crippen LogP contribution is -2.12. The van der Waals surface area contributed by atoms with Crippen LogP contribution in [0.25, 0.3) is 0 Å².